The fourth-order valence-corrected chi connectivity index (χ4v) is 3.57. The fraction of sp³-hybridized carbons (Fsp3) is 0.474. The van der Waals surface area contributed by atoms with Crippen molar-refractivity contribution < 1.29 is 4.79 Å². The summed E-state index contributed by atoms with van der Waals surface area (Å²) >= 11 is 0. The van der Waals surface area contributed by atoms with E-state index in [0.29, 0.717) is 18.8 Å². The Bertz CT molecular complexity index is 779. The van der Waals surface area contributed by atoms with Gasteiger partial charge in [0.05, 0.1) is 5.69 Å². The first-order valence-corrected chi connectivity index (χ1v) is 9.34. The highest BCUT2D eigenvalue weighted by molar-refractivity contribution is 5.78. The number of anilines is 1. The van der Waals surface area contributed by atoms with Crippen LogP contribution in [-0.2, 0) is 17.6 Å². The third-order valence-corrected chi connectivity index (χ3v) is 4.95. The molecule has 7 nitrogen and oxygen atoms in total. The maximum Gasteiger partial charge on any atom is 0.222 e. The molecule has 7 heteroatoms. The third-order valence-electron chi connectivity index (χ3n) is 4.95. The van der Waals surface area contributed by atoms with Gasteiger partial charge in [-0.2, -0.15) is 0 Å². The van der Waals surface area contributed by atoms with Crippen molar-refractivity contribution in [3.8, 4) is 11.4 Å². The van der Waals surface area contributed by atoms with E-state index in [1.807, 2.05) is 17.0 Å². The quantitative estimate of drug-likeness (QED) is 0.843. The number of fused-ring (bicyclic) bond motifs is 1. The molecule has 0 unspecified atom stereocenters. The zero-order chi connectivity index (χ0) is 17.8. The molecule has 4 heterocycles. The molecule has 0 radical (unpaired) electrons. The Hall–Kier alpha value is -2.54. The molecule has 1 amide bonds. The summed E-state index contributed by atoms with van der Waals surface area (Å²) < 4.78 is 0. The van der Waals surface area contributed by atoms with Gasteiger partial charge >= 0.3 is 0 Å². The number of rotatable bonds is 5. The highest BCUT2D eigenvalue weighted by atomic mass is 16.2. The lowest BCUT2D eigenvalue weighted by molar-refractivity contribution is -0.127. The minimum Gasteiger partial charge on any atom is -0.368 e. The molecule has 136 valence electrons. The molecule has 2 aliphatic heterocycles. The first-order valence-electron chi connectivity index (χ1n) is 9.34. The van der Waals surface area contributed by atoms with Crippen LogP contribution in [0.1, 0.15) is 24.1 Å². The zero-order valence-corrected chi connectivity index (χ0v) is 14.9. The van der Waals surface area contributed by atoms with E-state index in [-0.39, 0.29) is 5.91 Å². The molecule has 1 saturated heterocycles. The Morgan fingerprint density at radius 3 is 2.92 bits per heavy atom. The van der Waals surface area contributed by atoms with Crippen molar-refractivity contribution in [2.75, 3.05) is 38.0 Å². The minimum absolute atomic E-state index is 0.258. The second-order valence-electron chi connectivity index (χ2n) is 6.72. The van der Waals surface area contributed by atoms with Crippen molar-refractivity contribution in [3.63, 3.8) is 0 Å². The largest absolute Gasteiger partial charge is 0.368 e. The van der Waals surface area contributed by atoms with E-state index in [2.05, 4.69) is 15.6 Å². The molecule has 0 saturated carbocycles. The predicted octanol–water partition coefficient (Wildman–Crippen LogP) is 1.26. The maximum atomic E-state index is 11.8. The summed E-state index contributed by atoms with van der Waals surface area (Å²) in [6.07, 6.45) is 7.00. The van der Waals surface area contributed by atoms with Gasteiger partial charge in [-0.1, -0.05) is 0 Å². The number of carbonyl (C=O) groups is 1. The van der Waals surface area contributed by atoms with E-state index in [1.54, 1.807) is 12.4 Å². The van der Waals surface area contributed by atoms with Crippen LogP contribution < -0.4 is 10.6 Å². The van der Waals surface area contributed by atoms with Crippen LogP contribution in [0.2, 0.25) is 0 Å². The number of nitrogens with zero attached hydrogens (tertiary/aromatic N) is 4. The highest BCUT2D eigenvalue weighted by Crippen LogP contribution is 2.24. The first-order chi connectivity index (χ1) is 12.8. The lowest BCUT2D eigenvalue weighted by Crippen LogP contribution is -2.30. The average molecular weight is 352 g/mol. The van der Waals surface area contributed by atoms with Crippen LogP contribution in [0.5, 0.6) is 0 Å². The van der Waals surface area contributed by atoms with E-state index >= 15 is 0 Å². The second kappa shape index (κ2) is 7.78. The number of amides is 1. The van der Waals surface area contributed by atoms with Crippen molar-refractivity contribution in [1.82, 2.24) is 25.2 Å². The van der Waals surface area contributed by atoms with Gasteiger partial charge in [0.2, 0.25) is 5.91 Å². The Morgan fingerprint density at radius 1 is 1.19 bits per heavy atom. The van der Waals surface area contributed by atoms with Crippen molar-refractivity contribution in [2.24, 2.45) is 0 Å². The SMILES string of the molecule is O=C1CCCN1CCNc1nc(-c2cccnc2)nc2c1CCNCC2. The number of aromatic nitrogens is 3. The van der Waals surface area contributed by atoms with Gasteiger partial charge in [0.1, 0.15) is 5.82 Å². The topological polar surface area (TPSA) is 83.0 Å². The molecule has 2 aliphatic rings. The third kappa shape index (κ3) is 3.67. The minimum atomic E-state index is 0.258. The van der Waals surface area contributed by atoms with E-state index < -0.39 is 0 Å². The van der Waals surface area contributed by atoms with Crippen molar-refractivity contribution in [3.05, 3.63) is 35.8 Å². The van der Waals surface area contributed by atoms with Gasteiger partial charge in [0, 0.05) is 62.5 Å². The van der Waals surface area contributed by atoms with Gasteiger partial charge in [-0.3, -0.25) is 9.78 Å². The molecule has 4 rings (SSSR count). The van der Waals surface area contributed by atoms with Gasteiger partial charge in [0.15, 0.2) is 5.82 Å². The monoisotopic (exact) mass is 352 g/mol. The van der Waals surface area contributed by atoms with Crippen LogP contribution in [-0.4, -0.2) is 58.5 Å². The average Bonchev–Trinajstić information content (AvgIpc) is 2.93. The van der Waals surface area contributed by atoms with Crippen molar-refractivity contribution in [1.29, 1.82) is 0 Å². The molecule has 2 N–H and O–H groups in total. The van der Waals surface area contributed by atoms with Crippen LogP contribution in [0, 0.1) is 0 Å². The molecule has 1 fully saturated rings. The summed E-state index contributed by atoms with van der Waals surface area (Å²) in [7, 11) is 0. The Kier molecular flexibility index (Phi) is 5.06. The van der Waals surface area contributed by atoms with E-state index in [9.17, 15) is 4.79 Å². The number of likely N-dealkylation sites (tertiary alicyclic amines) is 1. The van der Waals surface area contributed by atoms with E-state index in [1.165, 1.54) is 5.56 Å². The van der Waals surface area contributed by atoms with Gasteiger partial charge in [-0.05, 0) is 31.5 Å². The standard InChI is InChI=1S/C19H24N6O/c26-17-4-2-11-25(17)12-10-22-19-15-5-8-20-9-6-16(15)23-18(24-19)14-3-1-7-21-13-14/h1,3,7,13,20H,2,4-6,8-12H2,(H,22,23,24). The number of carbonyl (C=O) groups excluding carboxylic acids is 1. The van der Waals surface area contributed by atoms with Gasteiger partial charge in [-0.25, -0.2) is 9.97 Å². The number of hydrogen-bond acceptors (Lipinski definition) is 6. The molecular weight excluding hydrogens is 328 g/mol. The van der Waals surface area contributed by atoms with Crippen LogP contribution in [0.15, 0.2) is 24.5 Å². The van der Waals surface area contributed by atoms with E-state index in [4.69, 9.17) is 9.97 Å². The molecule has 0 bridgehead atoms. The lowest BCUT2D eigenvalue weighted by atomic mass is 10.1. The van der Waals surface area contributed by atoms with Crippen LogP contribution in [0.25, 0.3) is 11.4 Å². The summed E-state index contributed by atoms with van der Waals surface area (Å²) in [5.41, 5.74) is 3.21. The lowest BCUT2D eigenvalue weighted by Gasteiger charge is -2.18. The molecule has 0 atom stereocenters. The molecule has 2 aromatic heterocycles. The van der Waals surface area contributed by atoms with E-state index in [0.717, 1.165) is 62.5 Å². The molecule has 0 spiro atoms. The maximum absolute atomic E-state index is 11.8. The molecule has 0 aliphatic carbocycles. The van der Waals surface area contributed by atoms with Crippen molar-refractivity contribution >= 4 is 11.7 Å². The smallest absolute Gasteiger partial charge is 0.222 e. The van der Waals surface area contributed by atoms with Crippen molar-refractivity contribution in [2.45, 2.75) is 25.7 Å². The number of pyridine rings is 1. The normalized spacial score (nSPS) is 17.1. The van der Waals surface area contributed by atoms with Crippen LogP contribution >= 0.6 is 0 Å². The predicted molar refractivity (Wildman–Crippen MR) is 99.8 cm³/mol. The summed E-state index contributed by atoms with van der Waals surface area (Å²) in [5.74, 6) is 1.86. The van der Waals surface area contributed by atoms with Crippen LogP contribution in [0.4, 0.5) is 5.82 Å². The first kappa shape index (κ1) is 16.9. The van der Waals surface area contributed by atoms with Gasteiger partial charge < -0.3 is 15.5 Å². The summed E-state index contributed by atoms with van der Waals surface area (Å²) in [6.45, 7) is 4.15. The number of hydrogen-bond donors (Lipinski definition) is 2. The second-order valence-corrected chi connectivity index (χ2v) is 6.72. The summed E-state index contributed by atoms with van der Waals surface area (Å²) in [6, 6.07) is 3.88. The molecule has 26 heavy (non-hydrogen) atoms. The van der Waals surface area contributed by atoms with Gasteiger partial charge in [0.25, 0.3) is 0 Å². The highest BCUT2D eigenvalue weighted by Gasteiger charge is 2.20. The number of nitrogens with one attached hydrogen (secondary N) is 2. The fourth-order valence-electron chi connectivity index (χ4n) is 3.57. The molecular formula is C19H24N6O. The molecule has 0 aromatic carbocycles. The zero-order valence-electron chi connectivity index (χ0n) is 14.9. The Labute approximate surface area is 153 Å². The summed E-state index contributed by atoms with van der Waals surface area (Å²) in [5, 5.41) is 6.89. The van der Waals surface area contributed by atoms with Gasteiger partial charge in [-0.15, -0.1) is 0 Å². The Balaban J connectivity index is 1.57. The Morgan fingerprint density at radius 2 is 2.12 bits per heavy atom. The summed E-state index contributed by atoms with van der Waals surface area (Å²) in [4.78, 5) is 27.5. The molecule has 2 aromatic rings. The van der Waals surface area contributed by atoms with Crippen LogP contribution in [0.3, 0.4) is 0 Å².